The van der Waals surface area contributed by atoms with Gasteiger partial charge in [-0.3, -0.25) is 0 Å². The number of ether oxygens (including phenoxy) is 1. The first-order chi connectivity index (χ1) is 15.8. The minimum atomic E-state index is -2.80. The van der Waals surface area contributed by atoms with Gasteiger partial charge in [-0.25, -0.2) is 0 Å². The topological polar surface area (TPSA) is 94.6 Å². The lowest BCUT2D eigenvalue weighted by molar-refractivity contribution is 0.452. The van der Waals surface area contributed by atoms with Gasteiger partial charge < -0.3 is 10.1 Å². The fourth-order valence-electron chi connectivity index (χ4n) is 2.18. The number of nitrogens with zero attached hydrogens (tertiary/aromatic N) is 4. The van der Waals surface area contributed by atoms with Crippen LogP contribution in [0.3, 0.4) is 0 Å². The second-order valence-corrected chi connectivity index (χ2v) is 6.54. The quantitative estimate of drug-likeness (QED) is 0.495. The summed E-state index contributed by atoms with van der Waals surface area (Å²) in [5, 5.41) is 21.0. The Morgan fingerprint density at radius 2 is 1.71 bits per heavy atom. The van der Waals surface area contributed by atoms with E-state index in [1.807, 2.05) is 6.07 Å². The number of aromatic nitrogens is 2. The molecule has 0 aliphatic carbocycles. The van der Waals surface area contributed by atoms with Crippen LogP contribution in [0.4, 0.5) is 11.6 Å². The van der Waals surface area contributed by atoms with E-state index in [1.54, 1.807) is 30.3 Å². The van der Waals surface area contributed by atoms with Gasteiger partial charge in [-0.15, -0.1) is 0 Å². The van der Waals surface area contributed by atoms with Crippen LogP contribution in [0.1, 0.15) is 30.5 Å². The summed E-state index contributed by atoms with van der Waals surface area (Å²) in [5.74, 6) is -0.775. The van der Waals surface area contributed by atoms with E-state index in [-0.39, 0.29) is 27.0 Å². The zero-order valence-electron chi connectivity index (χ0n) is 19.9. The van der Waals surface area contributed by atoms with Crippen molar-refractivity contribution in [2.24, 2.45) is 0 Å². The molecule has 1 N–H and O–H groups in total. The highest BCUT2D eigenvalue weighted by Gasteiger charge is 2.16. The summed E-state index contributed by atoms with van der Waals surface area (Å²) in [6.45, 7) is -5.59. The first-order valence-corrected chi connectivity index (χ1v) is 8.77. The number of rotatable bonds is 4. The summed E-state index contributed by atoms with van der Waals surface area (Å²) in [6.07, 6.45) is 0. The van der Waals surface area contributed by atoms with Crippen molar-refractivity contribution in [1.82, 2.24) is 9.97 Å². The Morgan fingerprint density at radius 3 is 2.29 bits per heavy atom. The van der Waals surface area contributed by atoms with Gasteiger partial charge in [0, 0.05) is 13.9 Å². The average molecular weight is 461 g/mol. The van der Waals surface area contributed by atoms with Gasteiger partial charge in [0.2, 0.25) is 11.8 Å². The van der Waals surface area contributed by atoms with Gasteiger partial charge in [0.1, 0.15) is 10.2 Å². The second kappa shape index (κ2) is 8.26. The summed E-state index contributed by atoms with van der Waals surface area (Å²) < 4.78 is 52.7. The Labute approximate surface area is 183 Å². The molecule has 2 aromatic carbocycles. The standard InChI is InChI=1S/C20H13BrClN5O/c1-11-7-14(10-24)8-12(2)17(11)28-19-16(21)18(22)26-20(27-19)25-15-5-3-13(9-23)4-6-15/h3-8H,1-2H3,(H,25,26,27)/i1D3,2D3. The smallest absolute Gasteiger partial charge is 0.240 e. The Bertz CT molecular complexity index is 1290. The Hall–Kier alpha value is -3.13. The van der Waals surface area contributed by atoms with Crippen molar-refractivity contribution in [1.29, 1.82) is 10.5 Å². The zero-order valence-corrected chi connectivity index (χ0v) is 16.3. The van der Waals surface area contributed by atoms with Gasteiger partial charge in [-0.05, 0) is 77.2 Å². The molecule has 0 fully saturated rings. The number of hydrogen-bond acceptors (Lipinski definition) is 6. The van der Waals surface area contributed by atoms with Crippen molar-refractivity contribution in [3.05, 3.63) is 68.3 Å². The predicted octanol–water partition coefficient (Wildman–Crippen LogP) is 5.79. The van der Waals surface area contributed by atoms with Crippen LogP contribution in [-0.2, 0) is 0 Å². The lowest BCUT2D eigenvalue weighted by atomic mass is 10.1. The number of aryl methyl sites for hydroxylation is 2. The van der Waals surface area contributed by atoms with E-state index in [0.717, 1.165) is 12.1 Å². The number of hydrogen-bond donors (Lipinski definition) is 1. The molecule has 1 heterocycles. The summed E-state index contributed by atoms with van der Waals surface area (Å²) in [6, 6.07) is 12.2. The third-order valence-corrected chi connectivity index (χ3v) is 4.68. The first-order valence-electron chi connectivity index (χ1n) is 10.6. The molecule has 0 bridgehead atoms. The minimum Gasteiger partial charge on any atom is -0.437 e. The fraction of sp³-hybridized carbons (Fsp3) is 0.100. The van der Waals surface area contributed by atoms with Crippen LogP contribution in [0.5, 0.6) is 11.6 Å². The van der Waals surface area contributed by atoms with Crippen molar-refractivity contribution in [2.75, 3.05) is 5.32 Å². The number of anilines is 2. The highest BCUT2D eigenvalue weighted by Crippen LogP contribution is 2.36. The normalized spacial score (nSPS) is 14.1. The maximum atomic E-state index is 9.26. The number of halogens is 2. The molecule has 3 aromatic rings. The van der Waals surface area contributed by atoms with Crippen LogP contribution in [0.25, 0.3) is 0 Å². The van der Waals surface area contributed by atoms with Gasteiger partial charge in [-0.1, -0.05) is 11.6 Å². The molecule has 0 atom stereocenters. The van der Waals surface area contributed by atoms with Crippen molar-refractivity contribution in [3.8, 4) is 23.8 Å². The monoisotopic (exact) mass is 459 g/mol. The summed E-state index contributed by atoms with van der Waals surface area (Å²) in [5.41, 5.74) is -0.123. The van der Waals surface area contributed by atoms with Crippen molar-refractivity contribution >= 4 is 39.2 Å². The van der Waals surface area contributed by atoms with E-state index in [1.165, 1.54) is 0 Å². The van der Waals surface area contributed by atoms with Crippen LogP contribution in [0, 0.1) is 36.4 Å². The third kappa shape index (κ3) is 4.23. The van der Waals surface area contributed by atoms with Crippen molar-refractivity contribution in [2.45, 2.75) is 13.7 Å². The van der Waals surface area contributed by atoms with E-state index >= 15 is 0 Å². The van der Waals surface area contributed by atoms with Crippen LogP contribution in [-0.4, -0.2) is 9.97 Å². The van der Waals surface area contributed by atoms with E-state index in [2.05, 4.69) is 31.2 Å². The molecule has 0 aliphatic heterocycles. The maximum Gasteiger partial charge on any atom is 0.240 e. The number of benzene rings is 2. The number of nitriles is 2. The van der Waals surface area contributed by atoms with Crippen LogP contribution >= 0.6 is 27.5 Å². The zero-order chi connectivity index (χ0) is 25.3. The van der Waals surface area contributed by atoms with Crippen molar-refractivity contribution in [3.63, 3.8) is 0 Å². The number of nitrogens with one attached hydrogen (secondary N) is 1. The molecule has 138 valence electrons. The molecule has 8 heteroatoms. The van der Waals surface area contributed by atoms with Gasteiger partial charge in [-0.2, -0.15) is 20.5 Å². The fourth-order valence-corrected chi connectivity index (χ4v) is 2.60. The molecule has 0 saturated carbocycles. The SMILES string of the molecule is [2H]C([2H])([2H])c1cc(C#N)cc(C([2H])([2H])[2H])c1Oc1nc(Nc2ccc(C#N)cc2)nc(Cl)c1Br. The largest absolute Gasteiger partial charge is 0.437 e. The van der Waals surface area contributed by atoms with E-state index in [9.17, 15) is 5.26 Å². The van der Waals surface area contributed by atoms with E-state index in [0.29, 0.717) is 11.3 Å². The molecule has 0 saturated heterocycles. The molecule has 0 amide bonds. The molecule has 28 heavy (non-hydrogen) atoms. The van der Waals surface area contributed by atoms with Crippen LogP contribution in [0.15, 0.2) is 40.9 Å². The molecule has 0 radical (unpaired) electrons. The van der Waals surface area contributed by atoms with Gasteiger partial charge >= 0.3 is 0 Å². The molecular weight excluding hydrogens is 442 g/mol. The lowest BCUT2D eigenvalue weighted by Crippen LogP contribution is -2.02. The molecule has 0 unspecified atom stereocenters. The minimum absolute atomic E-state index is 0.0348. The van der Waals surface area contributed by atoms with Crippen LogP contribution < -0.4 is 10.1 Å². The summed E-state index contributed by atoms with van der Waals surface area (Å²) in [7, 11) is 0. The maximum absolute atomic E-state index is 9.26. The Kier molecular flexibility index (Phi) is 3.87. The molecule has 1 aromatic heterocycles. The molecule has 6 nitrogen and oxygen atoms in total. The predicted molar refractivity (Wildman–Crippen MR) is 110 cm³/mol. The van der Waals surface area contributed by atoms with Gasteiger partial charge in [0.15, 0.2) is 5.15 Å². The van der Waals surface area contributed by atoms with Gasteiger partial charge in [0.05, 0.1) is 23.3 Å². The third-order valence-electron chi connectivity index (χ3n) is 3.47. The second-order valence-electron chi connectivity index (χ2n) is 5.39. The molecule has 0 aliphatic rings. The lowest BCUT2D eigenvalue weighted by Gasteiger charge is -2.14. The highest BCUT2D eigenvalue weighted by atomic mass is 79.9. The Morgan fingerprint density at radius 1 is 1.07 bits per heavy atom. The Balaban J connectivity index is 2.13. The first kappa shape index (κ1) is 13.1. The van der Waals surface area contributed by atoms with E-state index in [4.69, 9.17) is 29.8 Å². The van der Waals surface area contributed by atoms with E-state index < -0.39 is 30.6 Å². The summed E-state index contributed by atoms with van der Waals surface area (Å²) >= 11 is 9.35. The summed E-state index contributed by atoms with van der Waals surface area (Å²) in [4.78, 5) is 8.25. The molecular formula is C20H13BrClN5O. The van der Waals surface area contributed by atoms with Crippen LogP contribution in [0.2, 0.25) is 5.15 Å². The van der Waals surface area contributed by atoms with Gasteiger partial charge in [0.25, 0.3) is 0 Å². The average Bonchev–Trinajstić information content (AvgIpc) is 2.76. The highest BCUT2D eigenvalue weighted by molar-refractivity contribution is 9.10. The molecule has 3 rings (SSSR count). The van der Waals surface area contributed by atoms with Crippen molar-refractivity contribution < 1.29 is 13.0 Å². The molecule has 0 spiro atoms.